The van der Waals surface area contributed by atoms with Gasteiger partial charge < -0.3 is 9.64 Å². The van der Waals surface area contributed by atoms with Crippen LogP contribution in [0.25, 0.3) is 0 Å². The van der Waals surface area contributed by atoms with E-state index in [0.29, 0.717) is 6.54 Å². The third-order valence-electron chi connectivity index (χ3n) is 2.89. The van der Waals surface area contributed by atoms with Gasteiger partial charge in [-0.1, -0.05) is 0 Å². The van der Waals surface area contributed by atoms with Crippen molar-refractivity contribution in [2.24, 2.45) is 4.99 Å². The molecule has 0 aromatic carbocycles. The van der Waals surface area contributed by atoms with E-state index in [1.807, 2.05) is 25.7 Å². The third kappa shape index (κ3) is 5.15. The summed E-state index contributed by atoms with van der Waals surface area (Å²) in [7, 11) is 0. The first kappa shape index (κ1) is 15.1. The number of carbonyl (C=O) groups is 1. The number of piperidine rings is 1. The van der Waals surface area contributed by atoms with Crippen LogP contribution in [-0.2, 0) is 4.74 Å². The van der Waals surface area contributed by atoms with Crippen LogP contribution in [0, 0.1) is 0 Å². The summed E-state index contributed by atoms with van der Waals surface area (Å²) < 4.78 is 5.43. The first-order valence-electron chi connectivity index (χ1n) is 6.47. The Kier molecular flexibility index (Phi) is 5.76. The van der Waals surface area contributed by atoms with Gasteiger partial charge in [0.15, 0.2) is 0 Å². The molecule has 102 valence electrons. The van der Waals surface area contributed by atoms with Crippen molar-refractivity contribution in [2.45, 2.75) is 58.1 Å². The first-order chi connectivity index (χ1) is 8.44. The maximum atomic E-state index is 12.1. The van der Waals surface area contributed by atoms with E-state index in [2.05, 4.69) is 22.4 Å². The predicted octanol–water partition coefficient (Wildman–Crippen LogP) is 3.27. The molecule has 1 atom stereocenters. The number of hydrogen-bond acceptors (Lipinski definition) is 4. The zero-order valence-electron chi connectivity index (χ0n) is 11.4. The van der Waals surface area contributed by atoms with E-state index in [1.165, 1.54) is 0 Å². The quantitative estimate of drug-likeness (QED) is 0.584. The summed E-state index contributed by atoms with van der Waals surface area (Å²) in [6.07, 6.45) is 3.85. The molecule has 0 N–H and O–H groups in total. The zero-order chi connectivity index (χ0) is 13.6. The largest absolute Gasteiger partial charge is 0.444 e. The molecule has 5 heteroatoms. The molecule has 1 aliphatic heterocycles. The Morgan fingerprint density at radius 3 is 2.83 bits per heavy atom. The lowest BCUT2D eigenvalue weighted by molar-refractivity contribution is 0.00921. The van der Waals surface area contributed by atoms with Gasteiger partial charge in [0.1, 0.15) is 5.60 Å². The predicted molar refractivity (Wildman–Crippen MR) is 75.1 cm³/mol. The van der Waals surface area contributed by atoms with Gasteiger partial charge in [-0.3, -0.25) is 0 Å². The summed E-state index contributed by atoms with van der Waals surface area (Å²) in [5.74, 6) is 0. The molecule has 0 bridgehead atoms. The summed E-state index contributed by atoms with van der Waals surface area (Å²) in [6, 6.07) is 0.223. The maximum absolute atomic E-state index is 12.1. The SMILES string of the molecule is CC(C)(C)OC(=O)N1CCCCC1CCN=C=S. The smallest absolute Gasteiger partial charge is 0.410 e. The van der Waals surface area contributed by atoms with Crippen LogP contribution in [-0.4, -0.2) is 40.9 Å². The van der Waals surface area contributed by atoms with E-state index in [1.54, 1.807) is 0 Å². The van der Waals surface area contributed by atoms with E-state index in [4.69, 9.17) is 4.74 Å². The highest BCUT2D eigenvalue weighted by Gasteiger charge is 2.29. The maximum Gasteiger partial charge on any atom is 0.410 e. The number of ether oxygens (including phenoxy) is 1. The highest BCUT2D eigenvalue weighted by molar-refractivity contribution is 7.78. The summed E-state index contributed by atoms with van der Waals surface area (Å²) in [6.45, 7) is 7.08. The number of hydrogen-bond donors (Lipinski definition) is 0. The van der Waals surface area contributed by atoms with Gasteiger partial charge in [-0.15, -0.1) is 0 Å². The summed E-state index contributed by atoms with van der Waals surface area (Å²) in [5, 5.41) is 2.36. The van der Waals surface area contributed by atoms with Crippen molar-refractivity contribution in [1.29, 1.82) is 0 Å². The lowest BCUT2D eigenvalue weighted by atomic mass is 10.00. The Labute approximate surface area is 114 Å². The molecule has 1 heterocycles. The summed E-state index contributed by atoms with van der Waals surface area (Å²) >= 11 is 4.55. The number of aliphatic imine (C=N–C) groups is 1. The topological polar surface area (TPSA) is 41.9 Å². The van der Waals surface area contributed by atoms with Crippen molar-refractivity contribution in [3.63, 3.8) is 0 Å². The van der Waals surface area contributed by atoms with Crippen LogP contribution >= 0.6 is 12.2 Å². The second-order valence-electron chi connectivity index (χ2n) is 5.59. The van der Waals surface area contributed by atoms with Gasteiger partial charge in [0.25, 0.3) is 0 Å². The lowest BCUT2D eigenvalue weighted by Gasteiger charge is -2.36. The van der Waals surface area contributed by atoms with Crippen molar-refractivity contribution < 1.29 is 9.53 Å². The summed E-state index contributed by atoms with van der Waals surface area (Å²) in [5.41, 5.74) is -0.439. The number of amides is 1. The lowest BCUT2D eigenvalue weighted by Crippen LogP contribution is -2.46. The minimum Gasteiger partial charge on any atom is -0.444 e. The van der Waals surface area contributed by atoms with Gasteiger partial charge in [0, 0.05) is 12.6 Å². The second-order valence-corrected chi connectivity index (χ2v) is 5.77. The molecule has 0 aliphatic carbocycles. The third-order valence-corrected chi connectivity index (χ3v) is 3.02. The molecular weight excluding hydrogens is 248 g/mol. The van der Waals surface area contributed by atoms with Crippen LogP contribution in [0.1, 0.15) is 46.5 Å². The standard InChI is InChI=1S/C13H22N2O2S/c1-13(2,3)17-12(16)15-9-5-4-6-11(15)7-8-14-10-18/h11H,4-9H2,1-3H3. The van der Waals surface area contributed by atoms with Crippen molar-refractivity contribution in [3.8, 4) is 0 Å². The number of carbonyl (C=O) groups excluding carboxylic acids is 1. The molecule has 0 radical (unpaired) electrons. The fourth-order valence-corrected chi connectivity index (χ4v) is 2.21. The molecule has 1 unspecified atom stereocenters. The van der Waals surface area contributed by atoms with Gasteiger partial charge in [-0.05, 0) is 58.7 Å². The molecular formula is C13H22N2O2S. The molecule has 0 aromatic rings. The Bertz CT molecular complexity index is 332. The Morgan fingerprint density at radius 1 is 1.50 bits per heavy atom. The van der Waals surface area contributed by atoms with E-state index in [0.717, 1.165) is 32.2 Å². The minimum atomic E-state index is -0.439. The Hall–Kier alpha value is -0.930. The van der Waals surface area contributed by atoms with E-state index < -0.39 is 5.60 Å². The molecule has 1 fully saturated rings. The van der Waals surface area contributed by atoms with Crippen LogP contribution in [0.15, 0.2) is 4.99 Å². The fourth-order valence-electron chi connectivity index (χ4n) is 2.12. The molecule has 1 rings (SSSR count). The highest BCUT2D eigenvalue weighted by atomic mass is 32.1. The molecule has 0 saturated carbocycles. The number of nitrogens with zero attached hydrogens (tertiary/aromatic N) is 2. The van der Waals surface area contributed by atoms with Gasteiger partial charge in [0.2, 0.25) is 0 Å². The van der Waals surface area contributed by atoms with Gasteiger partial charge in [-0.2, -0.15) is 0 Å². The average molecular weight is 270 g/mol. The van der Waals surface area contributed by atoms with Crippen LogP contribution in [0.2, 0.25) is 0 Å². The van der Waals surface area contributed by atoms with Crippen LogP contribution < -0.4 is 0 Å². The molecule has 1 saturated heterocycles. The molecule has 18 heavy (non-hydrogen) atoms. The van der Waals surface area contributed by atoms with Gasteiger partial charge in [-0.25, -0.2) is 9.79 Å². The number of rotatable bonds is 3. The Balaban J connectivity index is 2.58. The monoisotopic (exact) mass is 270 g/mol. The fraction of sp³-hybridized carbons (Fsp3) is 0.846. The minimum absolute atomic E-state index is 0.210. The molecule has 1 aliphatic rings. The molecule has 0 aromatic heterocycles. The van der Waals surface area contributed by atoms with Crippen molar-refractivity contribution in [3.05, 3.63) is 0 Å². The van der Waals surface area contributed by atoms with Crippen molar-refractivity contribution in [1.82, 2.24) is 4.90 Å². The van der Waals surface area contributed by atoms with Crippen molar-refractivity contribution in [2.75, 3.05) is 13.1 Å². The average Bonchev–Trinajstić information content (AvgIpc) is 2.27. The van der Waals surface area contributed by atoms with Crippen LogP contribution in [0.4, 0.5) is 4.79 Å². The molecule has 4 nitrogen and oxygen atoms in total. The van der Waals surface area contributed by atoms with Gasteiger partial charge >= 0.3 is 6.09 Å². The van der Waals surface area contributed by atoms with Crippen LogP contribution in [0.3, 0.4) is 0 Å². The zero-order valence-corrected chi connectivity index (χ0v) is 12.3. The number of likely N-dealkylation sites (tertiary alicyclic amines) is 1. The molecule has 0 spiro atoms. The van der Waals surface area contributed by atoms with E-state index in [-0.39, 0.29) is 12.1 Å². The normalized spacial score (nSPS) is 20.2. The van der Waals surface area contributed by atoms with E-state index in [9.17, 15) is 4.79 Å². The van der Waals surface area contributed by atoms with Crippen LogP contribution in [0.5, 0.6) is 0 Å². The van der Waals surface area contributed by atoms with Gasteiger partial charge in [0.05, 0.1) is 11.7 Å². The number of isothiocyanates is 1. The Morgan fingerprint density at radius 2 is 2.22 bits per heavy atom. The highest BCUT2D eigenvalue weighted by Crippen LogP contribution is 2.22. The van der Waals surface area contributed by atoms with E-state index >= 15 is 0 Å². The van der Waals surface area contributed by atoms with Crippen molar-refractivity contribution >= 4 is 23.5 Å². The number of thiocarbonyl (C=S) groups is 1. The molecule has 1 amide bonds. The summed E-state index contributed by atoms with van der Waals surface area (Å²) in [4.78, 5) is 17.9. The first-order valence-corrected chi connectivity index (χ1v) is 6.88. The second kappa shape index (κ2) is 6.86.